The molecule has 0 spiro atoms. The topological polar surface area (TPSA) is 106 Å². The molecule has 0 aromatic heterocycles. The summed E-state index contributed by atoms with van der Waals surface area (Å²) >= 11 is 0. The summed E-state index contributed by atoms with van der Waals surface area (Å²) in [5.41, 5.74) is 3.32. The molecule has 33 heavy (non-hydrogen) atoms. The summed E-state index contributed by atoms with van der Waals surface area (Å²) in [7, 11) is 3.91. The van der Waals surface area contributed by atoms with Gasteiger partial charge in [0.2, 0.25) is 5.91 Å². The Bertz CT molecular complexity index is 1100. The van der Waals surface area contributed by atoms with Crippen molar-refractivity contribution in [2.75, 3.05) is 56.6 Å². The third-order valence-electron chi connectivity index (χ3n) is 6.47. The van der Waals surface area contributed by atoms with E-state index in [1.54, 1.807) is 12.1 Å². The smallest absolute Gasteiger partial charge is 0.269 e. The highest BCUT2D eigenvalue weighted by atomic mass is 16.6. The molecule has 2 aliphatic heterocycles. The predicted octanol–water partition coefficient (Wildman–Crippen LogP) is 2.01. The summed E-state index contributed by atoms with van der Waals surface area (Å²) in [5.74, 6) is -0.391. The number of piperazine rings is 1. The Hall–Kier alpha value is -3.64. The van der Waals surface area contributed by atoms with Gasteiger partial charge in [0.25, 0.3) is 5.69 Å². The van der Waals surface area contributed by atoms with Gasteiger partial charge >= 0.3 is 0 Å². The minimum absolute atomic E-state index is 0.0422. The number of carbonyl (C=O) groups excluding carboxylic acids is 1. The van der Waals surface area contributed by atoms with E-state index in [0.29, 0.717) is 38.2 Å². The maximum absolute atomic E-state index is 13.3. The zero-order chi connectivity index (χ0) is 23.5. The van der Waals surface area contributed by atoms with Gasteiger partial charge in [0.05, 0.1) is 28.1 Å². The Morgan fingerprint density at radius 1 is 1.24 bits per heavy atom. The van der Waals surface area contributed by atoms with Gasteiger partial charge in [-0.2, -0.15) is 5.26 Å². The third kappa shape index (κ3) is 4.61. The second-order valence-corrected chi connectivity index (χ2v) is 8.81. The highest BCUT2D eigenvalue weighted by Crippen LogP contribution is 2.39. The Balaban J connectivity index is 1.65. The van der Waals surface area contributed by atoms with E-state index in [0.717, 1.165) is 23.5 Å². The fourth-order valence-electron chi connectivity index (χ4n) is 4.82. The van der Waals surface area contributed by atoms with Gasteiger partial charge in [0.1, 0.15) is 6.07 Å². The van der Waals surface area contributed by atoms with Gasteiger partial charge < -0.3 is 20.0 Å². The number of nitriles is 1. The van der Waals surface area contributed by atoms with Crippen LogP contribution in [-0.2, 0) is 11.2 Å². The number of nitrogens with zero attached hydrogens (tertiary/aromatic N) is 5. The van der Waals surface area contributed by atoms with Crippen LogP contribution in [-0.4, -0.2) is 68.6 Å². The lowest BCUT2D eigenvalue weighted by atomic mass is 9.83. The number of anilines is 2. The van der Waals surface area contributed by atoms with Crippen molar-refractivity contribution in [2.24, 2.45) is 5.92 Å². The van der Waals surface area contributed by atoms with Gasteiger partial charge in [-0.3, -0.25) is 14.9 Å². The number of carbonyl (C=O) groups is 1. The molecule has 9 nitrogen and oxygen atoms in total. The number of nitrogens with one attached hydrogen (secondary N) is 1. The Morgan fingerprint density at radius 3 is 2.76 bits per heavy atom. The minimum atomic E-state index is -0.394. The Morgan fingerprint density at radius 2 is 2.03 bits per heavy atom. The van der Waals surface area contributed by atoms with E-state index in [4.69, 9.17) is 0 Å². The first-order valence-corrected chi connectivity index (χ1v) is 11.1. The molecule has 2 unspecified atom stereocenters. The predicted molar refractivity (Wildman–Crippen MR) is 126 cm³/mol. The number of amides is 1. The van der Waals surface area contributed by atoms with Crippen molar-refractivity contribution < 1.29 is 9.72 Å². The number of benzene rings is 2. The van der Waals surface area contributed by atoms with Crippen LogP contribution in [0.25, 0.3) is 0 Å². The molecule has 2 heterocycles. The summed E-state index contributed by atoms with van der Waals surface area (Å²) in [5, 5.41) is 23.9. The van der Waals surface area contributed by atoms with E-state index in [2.05, 4.69) is 21.2 Å². The number of nitro groups is 1. The number of likely N-dealkylation sites (N-methyl/N-ethyl adjacent to an activating group) is 1. The SMILES string of the molecule is CN(C)CCNC(=O)C1Cc2cc([N+](=O)[O-])ccc2N2CCN(c3ccccc3C#N)CC12. The Kier molecular flexibility index (Phi) is 6.47. The molecule has 2 atom stereocenters. The van der Waals surface area contributed by atoms with E-state index >= 15 is 0 Å². The maximum atomic E-state index is 13.3. The van der Waals surface area contributed by atoms with Crippen LogP contribution in [0.2, 0.25) is 0 Å². The molecule has 1 fully saturated rings. The first-order chi connectivity index (χ1) is 15.9. The van der Waals surface area contributed by atoms with Gasteiger partial charge in [-0.25, -0.2) is 0 Å². The van der Waals surface area contributed by atoms with Crippen LogP contribution in [0.15, 0.2) is 42.5 Å². The number of nitro benzene ring substituents is 1. The van der Waals surface area contributed by atoms with Crippen molar-refractivity contribution in [3.05, 3.63) is 63.7 Å². The van der Waals surface area contributed by atoms with Crippen LogP contribution in [0.4, 0.5) is 17.1 Å². The molecule has 0 aliphatic carbocycles. The largest absolute Gasteiger partial charge is 0.367 e. The van der Waals surface area contributed by atoms with Gasteiger partial charge in [-0.15, -0.1) is 0 Å². The molecule has 172 valence electrons. The molecule has 1 saturated heterocycles. The quantitative estimate of drug-likeness (QED) is 0.532. The molecule has 1 amide bonds. The molecular formula is C24H28N6O3. The molecule has 0 radical (unpaired) electrons. The summed E-state index contributed by atoms with van der Waals surface area (Å²) in [6, 6.07) is 14.6. The zero-order valence-electron chi connectivity index (χ0n) is 18.9. The molecule has 2 aromatic carbocycles. The van der Waals surface area contributed by atoms with Gasteiger partial charge in [-0.1, -0.05) is 12.1 Å². The lowest BCUT2D eigenvalue weighted by Gasteiger charge is -2.49. The van der Waals surface area contributed by atoms with Crippen LogP contribution in [0.1, 0.15) is 11.1 Å². The molecule has 0 bridgehead atoms. The first kappa shape index (κ1) is 22.6. The fourth-order valence-corrected chi connectivity index (χ4v) is 4.82. The molecule has 9 heteroatoms. The highest BCUT2D eigenvalue weighted by Gasteiger charge is 2.42. The van der Waals surface area contributed by atoms with Gasteiger partial charge in [-0.05, 0) is 44.3 Å². The number of non-ortho nitro benzene ring substituents is 1. The molecule has 1 N–H and O–H groups in total. The molecular weight excluding hydrogens is 420 g/mol. The van der Waals surface area contributed by atoms with Crippen molar-refractivity contribution in [1.82, 2.24) is 10.2 Å². The van der Waals surface area contributed by atoms with Gasteiger partial charge in [0, 0.05) is 50.5 Å². The number of hydrogen-bond acceptors (Lipinski definition) is 7. The van der Waals surface area contributed by atoms with Crippen LogP contribution < -0.4 is 15.1 Å². The maximum Gasteiger partial charge on any atom is 0.269 e. The second kappa shape index (κ2) is 9.46. The lowest BCUT2D eigenvalue weighted by molar-refractivity contribution is -0.384. The van der Waals surface area contributed by atoms with E-state index in [1.807, 2.05) is 43.3 Å². The minimum Gasteiger partial charge on any atom is -0.367 e. The number of hydrogen-bond donors (Lipinski definition) is 1. The average molecular weight is 449 g/mol. The van der Waals surface area contributed by atoms with Crippen LogP contribution in [0, 0.1) is 27.4 Å². The Labute approximate surface area is 193 Å². The molecule has 2 aromatic rings. The van der Waals surface area contributed by atoms with Crippen molar-refractivity contribution in [1.29, 1.82) is 5.26 Å². The van der Waals surface area contributed by atoms with Crippen molar-refractivity contribution >= 4 is 23.0 Å². The summed E-state index contributed by atoms with van der Waals surface area (Å²) in [4.78, 5) is 30.6. The lowest BCUT2D eigenvalue weighted by Crippen LogP contribution is -2.61. The van der Waals surface area contributed by atoms with Gasteiger partial charge in [0.15, 0.2) is 0 Å². The van der Waals surface area contributed by atoms with E-state index < -0.39 is 4.92 Å². The van der Waals surface area contributed by atoms with Crippen LogP contribution in [0.3, 0.4) is 0 Å². The van der Waals surface area contributed by atoms with Crippen molar-refractivity contribution in [3.8, 4) is 6.07 Å². The number of fused-ring (bicyclic) bond motifs is 3. The molecule has 4 rings (SSSR count). The first-order valence-electron chi connectivity index (χ1n) is 11.1. The fraction of sp³-hybridized carbons (Fsp3) is 0.417. The summed E-state index contributed by atoms with van der Waals surface area (Å²) in [6.45, 7) is 3.23. The van der Waals surface area contributed by atoms with E-state index in [1.165, 1.54) is 6.07 Å². The van der Waals surface area contributed by atoms with E-state index in [9.17, 15) is 20.2 Å². The highest BCUT2D eigenvalue weighted by molar-refractivity contribution is 5.82. The summed E-state index contributed by atoms with van der Waals surface area (Å²) < 4.78 is 0. The number of para-hydroxylation sites is 1. The average Bonchev–Trinajstić information content (AvgIpc) is 2.82. The molecule has 2 aliphatic rings. The van der Waals surface area contributed by atoms with Crippen LogP contribution in [0.5, 0.6) is 0 Å². The zero-order valence-corrected chi connectivity index (χ0v) is 18.9. The van der Waals surface area contributed by atoms with Crippen LogP contribution >= 0.6 is 0 Å². The monoisotopic (exact) mass is 448 g/mol. The second-order valence-electron chi connectivity index (χ2n) is 8.81. The summed E-state index contributed by atoms with van der Waals surface area (Å²) in [6.07, 6.45) is 0.444. The van der Waals surface area contributed by atoms with Crippen molar-refractivity contribution in [3.63, 3.8) is 0 Å². The normalized spacial score (nSPS) is 19.5. The standard InChI is InChI=1S/C24H28N6O3/c1-27(2)10-9-26-24(31)20-14-18-13-19(30(32)33)7-8-22(18)29-12-11-28(16-23(20)29)21-6-4-3-5-17(21)15-25/h3-8,13,20,23H,9-12,14,16H2,1-2H3,(H,26,31). The molecule has 0 saturated carbocycles. The van der Waals surface area contributed by atoms with Crippen molar-refractivity contribution in [2.45, 2.75) is 12.5 Å². The third-order valence-corrected chi connectivity index (χ3v) is 6.47. The van der Waals surface area contributed by atoms with E-state index in [-0.39, 0.29) is 23.6 Å². The number of rotatable bonds is 6.